The highest BCUT2D eigenvalue weighted by atomic mass is 32.2. The van der Waals surface area contributed by atoms with Gasteiger partial charge in [0.1, 0.15) is 5.75 Å². The summed E-state index contributed by atoms with van der Waals surface area (Å²) < 4.78 is 22.3. The van der Waals surface area contributed by atoms with Gasteiger partial charge in [0.25, 0.3) is 0 Å². The van der Waals surface area contributed by atoms with E-state index in [1.54, 1.807) is 13.0 Å². The van der Waals surface area contributed by atoms with Gasteiger partial charge >= 0.3 is 0 Å². The van der Waals surface area contributed by atoms with Crippen LogP contribution in [0.25, 0.3) is 0 Å². The van der Waals surface area contributed by atoms with Gasteiger partial charge in [0.2, 0.25) is 0 Å². The Kier molecular flexibility index (Phi) is 3.39. The molecule has 1 aromatic rings. The third kappa shape index (κ3) is 3.23. The Balaban J connectivity index is 3.22. The average molecular weight is 228 g/mol. The second-order valence-electron chi connectivity index (χ2n) is 3.84. The van der Waals surface area contributed by atoms with Gasteiger partial charge in [-0.3, -0.25) is 0 Å². The fraction of sp³-hybridized carbons (Fsp3) is 0.455. The van der Waals surface area contributed by atoms with Crippen LogP contribution in [0.5, 0.6) is 5.75 Å². The summed E-state index contributed by atoms with van der Waals surface area (Å²) in [6, 6.07) is 3.63. The molecule has 3 nitrogen and oxygen atoms in total. The van der Waals surface area contributed by atoms with Crippen LogP contribution in [0.15, 0.2) is 12.1 Å². The summed E-state index contributed by atoms with van der Waals surface area (Å²) in [5, 5.41) is 9.72. The van der Waals surface area contributed by atoms with Gasteiger partial charge < -0.3 is 5.11 Å². The Morgan fingerprint density at radius 1 is 1.33 bits per heavy atom. The number of hydrogen-bond donors (Lipinski definition) is 1. The highest BCUT2D eigenvalue weighted by Crippen LogP contribution is 2.25. The van der Waals surface area contributed by atoms with Crippen molar-refractivity contribution >= 4 is 9.84 Å². The van der Waals surface area contributed by atoms with E-state index in [0.29, 0.717) is 5.56 Å². The zero-order chi connectivity index (χ0) is 11.6. The van der Waals surface area contributed by atoms with Crippen LogP contribution in [0.1, 0.15) is 23.6 Å². The number of aromatic hydroxyl groups is 1. The maximum atomic E-state index is 11.2. The topological polar surface area (TPSA) is 54.4 Å². The summed E-state index contributed by atoms with van der Waals surface area (Å²) in [6.45, 7) is 3.77. The quantitative estimate of drug-likeness (QED) is 0.858. The Morgan fingerprint density at radius 3 is 2.40 bits per heavy atom. The zero-order valence-corrected chi connectivity index (χ0v) is 10.1. The third-order valence-electron chi connectivity index (χ3n) is 2.27. The van der Waals surface area contributed by atoms with Gasteiger partial charge in [-0.25, -0.2) is 8.42 Å². The van der Waals surface area contributed by atoms with E-state index in [1.807, 2.05) is 13.0 Å². The second kappa shape index (κ2) is 4.23. The number of phenols is 1. The lowest BCUT2D eigenvalue weighted by molar-refractivity contribution is 0.465. The summed E-state index contributed by atoms with van der Waals surface area (Å²) in [5.41, 5.74) is 2.27. The summed E-state index contributed by atoms with van der Waals surface area (Å²) in [4.78, 5) is 0. The summed E-state index contributed by atoms with van der Waals surface area (Å²) in [5.74, 6) is -0.00863. The van der Waals surface area contributed by atoms with E-state index < -0.39 is 9.84 Å². The highest BCUT2D eigenvalue weighted by Gasteiger charge is 2.11. The summed E-state index contributed by atoms with van der Waals surface area (Å²) in [6.07, 6.45) is 2.00. The smallest absolute Gasteiger partial charge is 0.151 e. The van der Waals surface area contributed by atoms with E-state index in [1.165, 1.54) is 6.26 Å². The van der Waals surface area contributed by atoms with Crippen LogP contribution >= 0.6 is 0 Å². The van der Waals surface area contributed by atoms with Gasteiger partial charge in [-0.1, -0.05) is 19.1 Å². The van der Waals surface area contributed by atoms with Crippen LogP contribution in [-0.2, 0) is 22.0 Å². The molecule has 0 radical (unpaired) electrons. The van der Waals surface area contributed by atoms with Crippen molar-refractivity contribution in [1.82, 2.24) is 0 Å². The molecule has 0 unspecified atom stereocenters. The first-order valence-corrected chi connectivity index (χ1v) is 6.88. The lowest BCUT2D eigenvalue weighted by atomic mass is 10.0. The fourth-order valence-corrected chi connectivity index (χ4v) is 2.32. The summed E-state index contributed by atoms with van der Waals surface area (Å²) >= 11 is 0. The van der Waals surface area contributed by atoms with Crippen LogP contribution < -0.4 is 0 Å². The van der Waals surface area contributed by atoms with Gasteiger partial charge in [0, 0.05) is 11.8 Å². The zero-order valence-electron chi connectivity index (χ0n) is 9.24. The molecule has 0 amide bonds. The first-order chi connectivity index (χ1) is 6.83. The maximum absolute atomic E-state index is 11.2. The lowest BCUT2D eigenvalue weighted by Gasteiger charge is -2.09. The normalized spacial score (nSPS) is 11.7. The van der Waals surface area contributed by atoms with Crippen molar-refractivity contribution in [2.45, 2.75) is 26.0 Å². The maximum Gasteiger partial charge on any atom is 0.151 e. The van der Waals surface area contributed by atoms with Crippen LogP contribution in [0.4, 0.5) is 0 Å². The molecule has 0 spiro atoms. The molecule has 0 aliphatic heterocycles. The second-order valence-corrected chi connectivity index (χ2v) is 5.98. The standard InChI is InChI=1S/C11H16O3S/c1-4-9-5-8(2)11(12)10(6-9)7-15(3,13)14/h5-6,12H,4,7H2,1-3H3. The lowest BCUT2D eigenvalue weighted by Crippen LogP contribution is -2.02. The van der Waals surface area contributed by atoms with Crippen molar-refractivity contribution in [3.8, 4) is 5.75 Å². The number of sulfone groups is 1. The van der Waals surface area contributed by atoms with Crippen LogP contribution in [0.2, 0.25) is 0 Å². The molecule has 0 fully saturated rings. The predicted octanol–water partition coefficient (Wildman–Crippen LogP) is 1.81. The molecule has 0 aliphatic rings. The number of benzene rings is 1. The minimum Gasteiger partial charge on any atom is -0.507 e. The van der Waals surface area contributed by atoms with Gasteiger partial charge in [-0.15, -0.1) is 0 Å². The van der Waals surface area contributed by atoms with Gasteiger partial charge in [0.15, 0.2) is 9.84 Å². The molecule has 0 bridgehead atoms. The summed E-state index contributed by atoms with van der Waals surface area (Å²) in [7, 11) is -3.10. The molecule has 0 saturated heterocycles. The number of rotatable bonds is 3. The third-order valence-corrected chi connectivity index (χ3v) is 3.10. The number of hydrogen-bond acceptors (Lipinski definition) is 3. The van der Waals surface area contributed by atoms with Crippen molar-refractivity contribution in [3.63, 3.8) is 0 Å². The molecule has 1 N–H and O–H groups in total. The molecule has 4 heteroatoms. The van der Waals surface area contributed by atoms with Crippen LogP contribution in [0.3, 0.4) is 0 Å². The molecular formula is C11H16O3S. The minimum absolute atomic E-state index is 0.0950. The minimum atomic E-state index is -3.10. The molecule has 0 atom stereocenters. The Hall–Kier alpha value is -1.03. The Morgan fingerprint density at radius 2 is 1.93 bits per heavy atom. The van der Waals surface area contributed by atoms with Crippen molar-refractivity contribution in [1.29, 1.82) is 0 Å². The Bertz CT molecular complexity index is 461. The monoisotopic (exact) mass is 228 g/mol. The molecule has 1 aromatic carbocycles. The molecular weight excluding hydrogens is 212 g/mol. The highest BCUT2D eigenvalue weighted by molar-refractivity contribution is 7.89. The number of aryl methyl sites for hydroxylation is 2. The van der Waals surface area contributed by atoms with E-state index in [9.17, 15) is 13.5 Å². The molecule has 15 heavy (non-hydrogen) atoms. The molecule has 0 aliphatic carbocycles. The number of phenolic OH excluding ortho intramolecular Hbond substituents is 1. The van der Waals surface area contributed by atoms with Crippen molar-refractivity contribution < 1.29 is 13.5 Å². The SMILES string of the molecule is CCc1cc(C)c(O)c(CS(C)(=O)=O)c1. The van der Waals surface area contributed by atoms with E-state index in [4.69, 9.17) is 0 Å². The Labute approximate surface area is 90.7 Å². The van der Waals surface area contributed by atoms with Gasteiger partial charge in [-0.2, -0.15) is 0 Å². The molecule has 84 valence electrons. The van der Waals surface area contributed by atoms with E-state index in [-0.39, 0.29) is 11.5 Å². The van der Waals surface area contributed by atoms with Gasteiger partial charge in [-0.05, 0) is 24.5 Å². The first kappa shape index (κ1) is 12.0. The van der Waals surface area contributed by atoms with E-state index >= 15 is 0 Å². The molecule has 0 aromatic heterocycles. The average Bonchev–Trinajstić information content (AvgIpc) is 2.10. The van der Waals surface area contributed by atoms with Crippen LogP contribution in [-0.4, -0.2) is 19.8 Å². The molecule has 0 heterocycles. The van der Waals surface area contributed by atoms with E-state index in [2.05, 4.69) is 0 Å². The van der Waals surface area contributed by atoms with Gasteiger partial charge in [0.05, 0.1) is 5.75 Å². The molecule has 0 saturated carbocycles. The van der Waals surface area contributed by atoms with E-state index in [0.717, 1.165) is 17.5 Å². The first-order valence-electron chi connectivity index (χ1n) is 4.82. The van der Waals surface area contributed by atoms with Crippen LogP contribution in [0, 0.1) is 6.92 Å². The van der Waals surface area contributed by atoms with Crippen molar-refractivity contribution in [2.24, 2.45) is 0 Å². The largest absolute Gasteiger partial charge is 0.507 e. The molecule has 1 rings (SSSR count). The fourth-order valence-electron chi connectivity index (χ4n) is 1.53. The predicted molar refractivity (Wildman–Crippen MR) is 60.8 cm³/mol. The van der Waals surface area contributed by atoms with Crippen molar-refractivity contribution in [2.75, 3.05) is 6.26 Å². The van der Waals surface area contributed by atoms with Crippen molar-refractivity contribution in [3.05, 3.63) is 28.8 Å².